The number of hydrogen-bond donors (Lipinski definition) is 1. The molecule has 1 aromatic heterocycles. The predicted octanol–water partition coefficient (Wildman–Crippen LogP) is 0.244. The van der Waals surface area contributed by atoms with E-state index in [4.69, 9.17) is 0 Å². The molecule has 2 unspecified atom stereocenters. The van der Waals surface area contributed by atoms with Crippen LogP contribution in [0.3, 0.4) is 0 Å². The Morgan fingerprint density at radius 2 is 2.05 bits per heavy atom. The molecule has 2 saturated heterocycles. The SMILES string of the molecule is Cc1nc(S(=O)(=O)N2CCC3CCC(C2)N3)cn1C. The van der Waals surface area contributed by atoms with Gasteiger partial charge in [0.15, 0.2) is 5.03 Å². The van der Waals surface area contributed by atoms with Gasteiger partial charge in [-0.15, -0.1) is 0 Å². The first kappa shape index (κ1) is 13.1. The van der Waals surface area contributed by atoms with E-state index in [9.17, 15) is 8.42 Å². The zero-order valence-corrected chi connectivity index (χ0v) is 12.2. The van der Waals surface area contributed by atoms with E-state index in [-0.39, 0.29) is 5.03 Å². The number of fused-ring (bicyclic) bond motifs is 2. The van der Waals surface area contributed by atoms with Crippen LogP contribution in [0.15, 0.2) is 11.2 Å². The third-order valence-corrected chi connectivity index (χ3v) is 5.91. The van der Waals surface area contributed by atoms with Crippen molar-refractivity contribution in [2.45, 2.75) is 43.3 Å². The van der Waals surface area contributed by atoms with Crippen molar-refractivity contribution < 1.29 is 8.42 Å². The minimum Gasteiger partial charge on any atom is -0.337 e. The van der Waals surface area contributed by atoms with Gasteiger partial charge in [0.05, 0.1) is 0 Å². The maximum absolute atomic E-state index is 12.6. The van der Waals surface area contributed by atoms with Crippen LogP contribution in [0.4, 0.5) is 0 Å². The third kappa shape index (κ3) is 2.30. The van der Waals surface area contributed by atoms with Gasteiger partial charge in [-0.3, -0.25) is 0 Å². The Morgan fingerprint density at radius 1 is 1.32 bits per heavy atom. The van der Waals surface area contributed by atoms with Gasteiger partial charge in [0.2, 0.25) is 0 Å². The van der Waals surface area contributed by atoms with E-state index >= 15 is 0 Å². The van der Waals surface area contributed by atoms with Crippen LogP contribution >= 0.6 is 0 Å². The largest absolute Gasteiger partial charge is 0.337 e. The molecule has 2 fully saturated rings. The van der Waals surface area contributed by atoms with Crippen molar-refractivity contribution in [1.29, 1.82) is 0 Å². The van der Waals surface area contributed by atoms with E-state index in [1.54, 1.807) is 15.1 Å². The van der Waals surface area contributed by atoms with Crippen molar-refractivity contribution in [3.63, 3.8) is 0 Å². The van der Waals surface area contributed by atoms with Crippen molar-refractivity contribution in [3.05, 3.63) is 12.0 Å². The van der Waals surface area contributed by atoms with Gasteiger partial charge in [-0.05, 0) is 26.2 Å². The Bertz CT molecular complexity index is 561. The molecule has 0 radical (unpaired) electrons. The van der Waals surface area contributed by atoms with E-state index in [2.05, 4.69) is 10.3 Å². The maximum atomic E-state index is 12.6. The first-order valence-corrected chi connectivity index (χ1v) is 8.17. The van der Waals surface area contributed by atoms with Crippen LogP contribution in [-0.4, -0.2) is 47.4 Å². The van der Waals surface area contributed by atoms with Crippen molar-refractivity contribution in [1.82, 2.24) is 19.2 Å². The lowest BCUT2D eigenvalue weighted by Crippen LogP contribution is -2.39. The standard InChI is InChI=1S/C12H20N4O2S/c1-9-13-12(8-15(9)2)19(17,18)16-6-5-10-3-4-11(7-16)14-10/h8,10-11,14H,3-7H2,1-2H3. The minimum atomic E-state index is -3.45. The van der Waals surface area contributed by atoms with E-state index in [0.717, 1.165) is 12.8 Å². The third-order valence-electron chi connectivity index (χ3n) is 4.18. The van der Waals surface area contributed by atoms with Crippen LogP contribution < -0.4 is 5.32 Å². The Labute approximate surface area is 113 Å². The van der Waals surface area contributed by atoms with Gasteiger partial charge >= 0.3 is 0 Å². The normalized spacial score (nSPS) is 28.5. The fourth-order valence-corrected chi connectivity index (χ4v) is 4.44. The van der Waals surface area contributed by atoms with Gasteiger partial charge in [-0.25, -0.2) is 13.4 Å². The number of sulfonamides is 1. The number of hydrogen-bond acceptors (Lipinski definition) is 4. The predicted molar refractivity (Wildman–Crippen MR) is 71.3 cm³/mol. The number of nitrogens with zero attached hydrogens (tertiary/aromatic N) is 3. The molecule has 7 heteroatoms. The highest BCUT2D eigenvalue weighted by Gasteiger charge is 2.35. The molecule has 0 amide bonds. The summed E-state index contributed by atoms with van der Waals surface area (Å²) in [5.41, 5.74) is 0. The van der Waals surface area contributed by atoms with E-state index in [1.807, 2.05) is 14.0 Å². The topological polar surface area (TPSA) is 67.2 Å². The molecule has 0 aliphatic carbocycles. The van der Waals surface area contributed by atoms with Crippen LogP contribution in [0.2, 0.25) is 0 Å². The fourth-order valence-electron chi connectivity index (χ4n) is 2.91. The highest BCUT2D eigenvalue weighted by atomic mass is 32.2. The molecule has 3 rings (SSSR count). The van der Waals surface area contributed by atoms with Crippen LogP contribution in [0, 0.1) is 6.92 Å². The molecule has 106 valence electrons. The number of imidazole rings is 1. The zero-order valence-electron chi connectivity index (χ0n) is 11.3. The highest BCUT2D eigenvalue weighted by molar-refractivity contribution is 7.89. The Kier molecular flexibility index (Phi) is 3.15. The second-order valence-electron chi connectivity index (χ2n) is 5.53. The molecule has 2 bridgehead atoms. The fraction of sp³-hybridized carbons (Fsp3) is 0.750. The molecule has 6 nitrogen and oxygen atoms in total. The van der Waals surface area contributed by atoms with Crippen LogP contribution in [-0.2, 0) is 17.1 Å². The molecule has 0 aromatic carbocycles. The van der Waals surface area contributed by atoms with Gasteiger partial charge in [-0.2, -0.15) is 4.31 Å². The summed E-state index contributed by atoms with van der Waals surface area (Å²) in [7, 11) is -1.64. The van der Waals surface area contributed by atoms with Crippen molar-refractivity contribution in [2.24, 2.45) is 7.05 Å². The van der Waals surface area contributed by atoms with E-state index in [1.165, 1.54) is 6.42 Å². The van der Waals surface area contributed by atoms with E-state index < -0.39 is 10.0 Å². The second-order valence-corrected chi connectivity index (χ2v) is 7.41. The van der Waals surface area contributed by atoms with Crippen LogP contribution in [0.1, 0.15) is 25.1 Å². The lowest BCUT2D eigenvalue weighted by atomic mass is 10.1. The number of rotatable bonds is 2. The quantitative estimate of drug-likeness (QED) is 0.845. The first-order valence-electron chi connectivity index (χ1n) is 6.73. The lowest BCUT2D eigenvalue weighted by molar-refractivity contribution is 0.382. The molecule has 2 atom stereocenters. The number of aromatic nitrogens is 2. The average Bonchev–Trinajstić information content (AvgIpc) is 2.83. The second kappa shape index (κ2) is 4.57. The Morgan fingerprint density at radius 3 is 2.74 bits per heavy atom. The van der Waals surface area contributed by atoms with Crippen molar-refractivity contribution in [2.75, 3.05) is 13.1 Å². The van der Waals surface area contributed by atoms with Gasteiger partial charge in [-0.1, -0.05) is 0 Å². The first-order chi connectivity index (χ1) is 8.96. The molecule has 3 heterocycles. The molecule has 19 heavy (non-hydrogen) atoms. The van der Waals surface area contributed by atoms with Gasteiger partial charge in [0.25, 0.3) is 10.0 Å². The zero-order chi connectivity index (χ0) is 13.6. The van der Waals surface area contributed by atoms with Crippen LogP contribution in [0.5, 0.6) is 0 Å². The van der Waals surface area contributed by atoms with Gasteiger partial charge < -0.3 is 9.88 Å². The van der Waals surface area contributed by atoms with Crippen molar-refractivity contribution in [3.8, 4) is 0 Å². The number of nitrogens with one attached hydrogen (secondary N) is 1. The summed E-state index contributed by atoms with van der Waals surface area (Å²) in [6.45, 7) is 2.96. The summed E-state index contributed by atoms with van der Waals surface area (Å²) >= 11 is 0. The molecule has 0 spiro atoms. The molecule has 2 aliphatic rings. The smallest absolute Gasteiger partial charge is 0.262 e. The molecule has 1 N–H and O–H groups in total. The molecule has 2 aliphatic heterocycles. The highest BCUT2D eigenvalue weighted by Crippen LogP contribution is 2.24. The molecular weight excluding hydrogens is 264 g/mol. The monoisotopic (exact) mass is 284 g/mol. The summed E-state index contributed by atoms with van der Waals surface area (Å²) < 4.78 is 28.5. The molecular formula is C12H20N4O2S. The summed E-state index contributed by atoms with van der Waals surface area (Å²) in [4.78, 5) is 4.16. The van der Waals surface area contributed by atoms with Gasteiger partial charge in [0, 0.05) is 38.4 Å². The summed E-state index contributed by atoms with van der Waals surface area (Å²) in [6, 6.07) is 0.780. The minimum absolute atomic E-state index is 0.172. The van der Waals surface area contributed by atoms with E-state index in [0.29, 0.717) is 31.0 Å². The van der Waals surface area contributed by atoms with Crippen LogP contribution in [0.25, 0.3) is 0 Å². The summed E-state index contributed by atoms with van der Waals surface area (Å²) in [6.07, 6.45) is 4.72. The summed E-state index contributed by atoms with van der Waals surface area (Å²) in [5.74, 6) is 0.716. The Balaban J connectivity index is 1.87. The van der Waals surface area contributed by atoms with Crippen molar-refractivity contribution >= 4 is 10.0 Å². The maximum Gasteiger partial charge on any atom is 0.262 e. The Hall–Kier alpha value is -0.920. The average molecular weight is 284 g/mol. The van der Waals surface area contributed by atoms with Gasteiger partial charge in [0.1, 0.15) is 5.82 Å². The number of aryl methyl sites for hydroxylation is 2. The summed E-state index contributed by atoms with van der Waals surface area (Å²) in [5, 5.41) is 3.66. The molecule has 1 aromatic rings. The molecule has 0 saturated carbocycles. The lowest BCUT2D eigenvalue weighted by Gasteiger charge is -2.22.